The molecule has 33 heavy (non-hydrogen) atoms. The number of para-hydroxylation sites is 1. The van der Waals surface area contributed by atoms with Gasteiger partial charge in [-0.15, -0.1) is 11.3 Å². The lowest BCUT2D eigenvalue weighted by Gasteiger charge is -2.25. The van der Waals surface area contributed by atoms with Gasteiger partial charge in [0.2, 0.25) is 0 Å². The van der Waals surface area contributed by atoms with E-state index in [9.17, 15) is 4.79 Å². The standard InChI is InChI=1S/C26H32N4O2S/c27-26(31)30(24-19-21-7-1-2-10-23(21)33-24)15-4-3-12-28-13-6-14-29(17-16-28)22-9-5-8-20-11-18-32-25(20)22/h1-2,5,7-10,19H,3-4,6,11-18H2,(H2,27,31). The van der Waals surface area contributed by atoms with Crippen LogP contribution in [-0.2, 0) is 6.42 Å². The lowest BCUT2D eigenvalue weighted by molar-refractivity contribution is 0.253. The van der Waals surface area contributed by atoms with E-state index in [1.807, 2.05) is 12.1 Å². The minimum Gasteiger partial charge on any atom is -0.491 e. The van der Waals surface area contributed by atoms with Crippen LogP contribution in [0.3, 0.4) is 0 Å². The molecule has 1 aromatic heterocycles. The van der Waals surface area contributed by atoms with E-state index in [2.05, 4.69) is 46.2 Å². The van der Waals surface area contributed by atoms with Crippen LogP contribution in [0.2, 0.25) is 0 Å². The fourth-order valence-corrected chi connectivity index (χ4v) is 6.01. The maximum Gasteiger partial charge on any atom is 0.319 e. The van der Waals surface area contributed by atoms with Gasteiger partial charge in [0.1, 0.15) is 10.8 Å². The van der Waals surface area contributed by atoms with Crippen LogP contribution in [0.25, 0.3) is 10.1 Å². The van der Waals surface area contributed by atoms with Crippen LogP contribution < -0.4 is 20.3 Å². The van der Waals surface area contributed by atoms with Crippen LogP contribution in [-0.4, -0.2) is 56.8 Å². The van der Waals surface area contributed by atoms with E-state index >= 15 is 0 Å². The van der Waals surface area contributed by atoms with Crippen molar-refractivity contribution in [1.82, 2.24) is 4.90 Å². The number of unbranched alkanes of at least 4 members (excludes halogenated alkanes) is 1. The normalized spacial score (nSPS) is 16.4. The average molecular weight is 465 g/mol. The van der Waals surface area contributed by atoms with Crippen molar-refractivity contribution in [1.29, 1.82) is 0 Å². The smallest absolute Gasteiger partial charge is 0.319 e. The number of rotatable bonds is 7. The molecule has 3 heterocycles. The molecule has 7 heteroatoms. The number of hydrogen-bond acceptors (Lipinski definition) is 5. The highest BCUT2D eigenvalue weighted by molar-refractivity contribution is 7.23. The van der Waals surface area contributed by atoms with Crippen molar-refractivity contribution >= 4 is 38.1 Å². The number of anilines is 2. The lowest BCUT2D eigenvalue weighted by Crippen LogP contribution is -2.36. The van der Waals surface area contributed by atoms with Gasteiger partial charge in [0.15, 0.2) is 0 Å². The van der Waals surface area contributed by atoms with Crippen LogP contribution in [0.15, 0.2) is 48.5 Å². The first-order chi connectivity index (χ1) is 16.2. The molecule has 2 amide bonds. The van der Waals surface area contributed by atoms with Crippen LogP contribution >= 0.6 is 11.3 Å². The van der Waals surface area contributed by atoms with Crippen LogP contribution in [0, 0.1) is 0 Å². The molecule has 1 saturated heterocycles. The molecule has 0 aliphatic carbocycles. The number of carbonyl (C=O) groups excluding carboxylic acids is 1. The van der Waals surface area contributed by atoms with Crippen molar-refractivity contribution in [3.63, 3.8) is 0 Å². The van der Waals surface area contributed by atoms with Crippen molar-refractivity contribution in [2.24, 2.45) is 5.73 Å². The molecule has 2 aromatic carbocycles. The van der Waals surface area contributed by atoms with E-state index in [-0.39, 0.29) is 6.03 Å². The van der Waals surface area contributed by atoms with E-state index in [4.69, 9.17) is 10.5 Å². The van der Waals surface area contributed by atoms with E-state index in [0.717, 1.165) is 81.2 Å². The summed E-state index contributed by atoms with van der Waals surface area (Å²) in [6.45, 7) is 6.77. The fourth-order valence-electron chi connectivity index (χ4n) is 4.92. The quantitative estimate of drug-likeness (QED) is 0.514. The molecule has 1 fully saturated rings. The lowest BCUT2D eigenvalue weighted by atomic mass is 10.1. The van der Waals surface area contributed by atoms with Gasteiger partial charge in [-0.1, -0.05) is 30.3 Å². The first-order valence-corrected chi connectivity index (χ1v) is 12.8. The minimum absolute atomic E-state index is 0.371. The molecule has 0 radical (unpaired) electrons. The molecule has 6 nitrogen and oxygen atoms in total. The maximum absolute atomic E-state index is 12.1. The van der Waals surface area contributed by atoms with Crippen molar-refractivity contribution in [2.75, 3.05) is 55.7 Å². The molecule has 0 bridgehead atoms. The Hall–Kier alpha value is -2.77. The highest BCUT2D eigenvalue weighted by Gasteiger charge is 2.22. The third-order valence-electron chi connectivity index (χ3n) is 6.67. The molecule has 2 aliphatic rings. The highest BCUT2D eigenvalue weighted by Crippen LogP contribution is 2.36. The van der Waals surface area contributed by atoms with Gasteiger partial charge in [-0.3, -0.25) is 4.90 Å². The zero-order chi connectivity index (χ0) is 22.6. The van der Waals surface area contributed by atoms with Gasteiger partial charge in [0, 0.05) is 37.3 Å². The summed E-state index contributed by atoms with van der Waals surface area (Å²) in [6.07, 6.45) is 4.17. The van der Waals surface area contributed by atoms with E-state index in [1.165, 1.54) is 16.0 Å². The first kappa shape index (κ1) is 22.0. The number of carbonyl (C=O) groups is 1. The third kappa shape index (κ3) is 4.94. The molecular weight excluding hydrogens is 432 g/mol. The first-order valence-electron chi connectivity index (χ1n) is 12.0. The number of thiophene rings is 1. The van der Waals surface area contributed by atoms with E-state index in [0.29, 0.717) is 6.54 Å². The van der Waals surface area contributed by atoms with Crippen LogP contribution in [0.1, 0.15) is 24.8 Å². The van der Waals surface area contributed by atoms with Crippen molar-refractivity contribution in [3.8, 4) is 5.75 Å². The fraction of sp³-hybridized carbons (Fsp3) is 0.423. The van der Waals surface area contributed by atoms with Crippen LogP contribution in [0.4, 0.5) is 15.5 Å². The van der Waals surface area contributed by atoms with Gasteiger partial charge in [-0.25, -0.2) is 4.79 Å². The SMILES string of the molecule is NC(=O)N(CCCCN1CCCN(c2cccc3c2OCC3)CC1)c1cc2ccccc2s1. The van der Waals surface area contributed by atoms with Gasteiger partial charge < -0.3 is 20.3 Å². The average Bonchev–Trinajstić information content (AvgIpc) is 3.40. The Morgan fingerprint density at radius 2 is 1.97 bits per heavy atom. The Labute approximate surface area is 199 Å². The second kappa shape index (κ2) is 10.0. The van der Waals surface area contributed by atoms with Crippen molar-refractivity contribution < 1.29 is 9.53 Å². The number of primary amides is 1. The molecular formula is C26H32N4O2S. The van der Waals surface area contributed by atoms with E-state index in [1.54, 1.807) is 16.2 Å². The van der Waals surface area contributed by atoms with E-state index < -0.39 is 0 Å². The molecule has 3 aromatic rings. The zero-order valence-corrected chi connectivity index (χ0v) is 19.9. The Morgan fingerprint density at radius 3 is 2.85 bits per heavy atom. The molecule has 0 atom stereocenters. The Bertz CT molecular complexity index is 1080. The number of fused-ring (bicyclic) bond motifs is 2. The largest absolute Gasteiger partial charge is 0.491 e. The van der Waals surface area contributed by atoms with Crippen molar-refractivity contribution in [3.05, 3.63) is 54.1 Å². The van der Waals surface area contributed by atoms with Gasteiger partial charge in [-0.2, -0.15) is 0 Å². The number of benzene rings is 2. The highest BCUT2D eigenvalue weighted by atomic mass is 32.1. The summed E-state index contributed by atoms with van der Waals surface area (Å²) in [5.41, 5.74) is 8.31. The number of nitrogens with two attached hydrogens (primary N) is 1. The molecule has 2 aliphatic heterocycles. The van der Waals surface area contributed by atoms with Gasteiger partial charge in [-0.05, 0) is 61.5 Å². The molecule has 0 unspecified atom stereocenters. The number of ether oxygens (including phenoxy) is 1. The monoisotopic (exact) mass is 464 g/mol. The van der Waals surface area contributed by atoms with Gasteiger partial charge in [0.25, 0.3) is 0 Å². The van der Waals surface area contributed by atoms with Gasteiger partial charge in [0.05, 0.1) is 12.3 Å². The molecule has 0 saturated carbocycles. The number of amides is 2. The predicted molar refractivity (Wildman–Crippen MR) is 137 cm³/mol. The Kier molecular flexibility index (Phi) is 6.69. The summed E-state index contributed by atoms with van der Waals surface area (Å²) < 4.78 is 7.11. The number of hydrogen-bond donors (Lipinski definition) is 1. The molecule has 2 N–H and O–H groups in total. The summed E-state index contributed by atoms with van der Waals surface area (Å²) in [6, 6.07) is 16.4. The Morgan fingerprint density at radius 1 is 1.06 bits per heavy atom. The number of urea groups is 1. The summed E-state index contributed by atoms with van der Waals surface area (Å²) in [4.78, 5) is 18.9. The Balaban J connectivity index is 1.12. The summed E-state index contributed by atoms with van der Waals surface area (Å²) in [7, 11) is 0. The topological polar surface area (TPSA) is 62.0 Å². The minimum atomic E-state index is -0.371. The third-order valence-corrected chi connectivity index (χ3v) is 7.81. The van der Waals surface area contributed by atoms with Gasteiger partial charge >= 0.3 is 6.03 Å². The molecule has 174 valence electrons. The summed E-state index contributed by atoms with van der Waals surface area (Å²) in [5, 5.41) is 2.10. The summed E-state index contributed by atoms with van der Waals surface area (Å²) in [5.74, 6) is 1.10. The maximum atomic E-state index is 12.1. The summed E-state index contributed by atoms with van der Waals surface area (Å²) >= 11 is 1.63. The number of nitrogens with zero attached hydrogens (tertiary/aromatic N) is 3. The predicted octanol–water partition coefficient (Wildman–Crippen LogP) is 4.71. The molecule has 0 spiro atoms. The van der Waals surface area contributed by atoms with Crippen LogP contribution in [0.5, 0.6) is 5.75 Å². The molecule has 5 rings (SSSR count). The van der Waals surface area contributed by atoms with Crippen molar-refractivity contribution in [2.45, 2.75) is 25.7 Å². The second-order valence-corrected chi connectivity index (χ2v) is 9.93. The second-order valence-electron chi connectivity index (χ2n) is 8.87. The zero-order valence-electron chi connectivity index (χ0n) is 19.0.